The molecule has 1 aliphatic carbocycles. The van der Waals surface area contributed by atoms with Gasteiger partial charge in [-0.2, -0.15) is 0 Å². The Balaban J connectivity index is 2.72. The third kappa shape index (κ3) is 2.62. The van der Waals surface area contributed by atoms with Crippen LogP contribution in [0.3, 0.4) is 0 Å². The number of aliphatic hydroxyl groups excluding tert-OH is 1. The summed E-state index contributed by atoms with van der Waals surface area (Å²) in [7, 11) is 0. The smallest absolute Gasteiger partial charge is 0.137 e. The number of carbonyl (C=O) groups is 1. The maximum atomic E-state index is 11.5. The van der Waals surface area contributed by atoms with E-state index in [1.807, 2.05) is 13.8 Å². The first-order valence-electron chi connectivity index (χ1n) is 6.46. The molecule has 0 aromatic heterocycles. The molecule has 2 heteroatoms. The highest BCUT2D eigenvalue weighted by Gasteiger charge is 2.40. The molecule has 0 radical (unpaired) electrons. The molecule has 0 fully saturated rings. The van der Waals surface area contributed by atoms with Crippen LogP contribution in [0.2, 0.25) is 0 Å². The number of rotatable bonds is 4. The van der Waals surface area contributed by atoms with Gasteiger partial charge in [0.15, 0.2) is 0 Å². The third-order valence-electron chi connectivity index (χ3n) is 4.99. The standard InChI is InChI=1S/C15H26O2/c1-10-7-8-12(14(10,3)4)9-13(17)15(5,6)11(2)16/h7,12-13,17H,8-9H2,1-6H3. The molecule has 0 amide bonds. The Labute approximate surface area is 105 Å². The molecule has 0 spiro atoms. The normalized spacial score (nSPS) is 25.6. The summed E-state index contributed by atoms with van der Waals surface area (Å²) < 4.78 is 0. The van der Waals surface area contributed by atoms with Gasteiger partial charge in [0, 0.05) is 5.41 Å². The second kappa shape index (κ2) is 4.56. The van der Waals surface area contributed by atoms with E-state index in [1.54, 1.807) is 6.92 Å². The summed E-state index contributed by atoms with van der Waals surface area (Å²) >= 11 is 0. The van der Waals surface area contributed by atoms with E-state index >= 15 is 0 Å². The number of ketones is 1. The lowest BCUT2D eigenvalue weighted by Crippen LogP contribution is -2.38. The van der Waals surface area contributed by atoms with Crippen molar-refractivity contribution in [3.63, 3.8) is 0 Å². The summed E-state index contributed by atoms with van der Waals surface area (Å²) in [5.74, 6) is 0.501. The van der Waals surface area contributed by atoms with Crippen LogP contribution >= 0.6 is 0 Å². The lowest BCUT2D eigenvalue weighted by molar-refractivity contribution is -0.131. The fourth-order valence-electron chi connectivity index (χ4n) is 2.39. The van der Waals surface area contributed by atoms with Crippen molar-refractivity contribution in [1.82, 2.24) is 0 Å². The Morgan fingerprint density at radius 2 is 2.12 bits per heavy atom. The number of aliphatic hydroxyl groups is 1. The molecule has 17 heavy (non-hydrogen) atoms. The van der Waals surface area contributed by atoms with E-state index in [4.69, 9.17) is 0 Å². The van der Waals surface area contributed by atoms with Crippen LogP contribution in [0.25, 0.3) is 0 Å². The summed E-state index contributed by atoms with van der Waals surface area (Å²) in [4.78, 5) is 11.5. The van der Waals surface area contributed by atoms with E-state index in [1.165, 1.54) is 5.57 Å². The predicted octanol–water partition coefficient (Wildman–Crippen LogP) is 3.35. The number of carbonyl (C=O) groups excluding carboxylic acids is 1. The van der Waals surface area contributed by atoms with Crippen LogP contribution in [0.15, 0.2) is 11.6 Å². The quantitative estimate of drug-likeness (QED) is 0.763. The first kappa shape index (κ1) is 14.4. The van der Waals surface area contributed by atoms with Crippen LogP contribution in [0.4, 0.5) is 0 Å². The zero-order chi connectivity index (χ0) is 13.4. The van der Waals surface area contributed by atoms with Crippen LogP contribution in [0.5, 0.6) is 0 Å². The van der Waals surface area contributed by atoms with Gasteiger partial charge in [0.25, 0.3) is 0 Å². The second-order valence-corrected chi connectivity index (χ2v) is 6.57. The van der Waals surface area contributed by atoms with Gasteiger partial charge in [-0.15, -0.1) is 0 Å². The first-order chi connectivity index (χ1) is 7.60. The van der Waals surface area contributed by atoms with E-state index in [2.05, 4.69) is 26.8 Å². The van der Waals surface area contributed by atoms with Crippen molar-refractivity contribution in [3.8, 4) is 0 Å². The molecule has 1 N–H and O–H groups in total. The first-order valence-corrected chi connectivity index (χ1v) is 6.46. The monoisotopic (exact) mass is 238 g/mol. The summed E-state index contributed by atoms with van der Waals surface area (Å²) in [5, 5.41) is 10.3. The van der Waals surface area contributed by atoms with Gasteiger partial charge in [0.2, 0.25) is 0 Å². The summed E-state index contributed by atoms with van der Waals surface area (Å²) in [6, 6.07) is 0. The molecule has 0 heterocycles. The molecular formula is C15H26O2. The maximum absolute atomic E-state index is 11.5. The molecule has 2 atom stereocenters. The van der Waals surface area contributed by atoms with E-state index < -0.39 is 11.5 Å². The van der Waals surface area contributed by atoms with E-state index in [0.29, 0.717) is 12.3 Å². The molecule has 1 aliphatic rings. The minimum atomic E-state index is -0.632. The molecule has 0 aromatic rings. The Kier molecular flexibility index (Phi) is 3.87. The van der Waals surface area contributed by atoms with Crippen molar-refractivity contribution < 1.29 is 9.90 Å². The average molecular weight is 238 g/mol. The molecule has 0 aromatic carbocycles. The Bertz CT molecular complexity index is 337. The second-order valence-electron chi connectivity index (χ2n) is 6.57. The van der Waals surface area contributed by atoms with Gasteiger partial charge >= 0.3 is 0 Å². The van der Waals surface area contributed by atoms with Gasteiger partial charge in [0.05, 0.1) is 6.10 Å². The fourth-order valence-corrected chi connectivity index (χ4v) is 2.39. The van der Waals surface area contributed by atoms with E-state index in [9.17, 15) is 9.90 Å². The van der Waals surface area contributed by atoms with Crippen molar-refractivity contribution in [2.45, 2.75) is 60.5 Å². The lowest BCUT2D eigenvalue weighted by Gasteiger charge is -2.35. The predicted molar refractivity (Wildman–Crippen MR) is 70.7 cm³/mol. The highest BCUT2D eigenvalue weighted by molar-refractivity contribution is 5.82. The minimum absolute atomic E-state index is 0.0606. The molecule has 2 unspecified atom stereocenters. The zero-order valence-electron chi connectivity index (χ0n) is 12.0. The average Bonchev–Trinajstić information content (AvgIpc) is 2.44. The zero-order valence-corrected chi connectivity index (χ0v) is 12.0. The Morgan fingerprint density at radius 3 is 2.47 bits per heavy atom. The molecule has 2 nitrogen and oxygen atoms in total. The minimum Gasteiger partial charge on any atom is -0.392 e. The topological polar surface area (TPSA) is 37.3 Å². The Morgan fingerprint density at radius 1 is 1.59 bits per heavy atom. The van der Waals surface area contributed by atoms with Crippen LogP contribution in [-0.2, 0) is 4.79 Å². The molecule has 0 aliphatic heterocycles. The number of hydrogen-bond donors (Lipinski definition) is 1. The van der Waals surface area contributed by atoms with Gasteiger partial charge in [-0.3, -0.25) is 4.79 Å². The molecule has 0 bridgehead atoms. The number of allylic oxidation sites excluding steroid dienone is 2. The van der Waals surface area contributed by atoms with E-state index in [-0.39, 0.29) is 11.2 Å². The molecule has 0 saturated carbocycles. The summed E-state index contributed by atoms with van der Waals surface area (Å²) in [6.45, 7) is 11.8. The van der Waals surface area contributed by atoms with Gasteiger partial charge in [-0.05, 0) is 38.0 Å². The number of hydrogen-bond acceptors (Lipinski definition) is 2. The van der Waals surface area contributed by atoms with Crippen LogP contribution in [0.1, 0.15) is 54.4 Å². The molecule has 0 saturated heterocycles. The highest BCUT2D eigenvalue weighted by Crippen LogP contribution is 2.46. The lowest BCUT2D eigenvalue weighted by atomic mass is 9.71. The van der Waals surface area contributed by atoms with Crippen LogP contribution in [0, 0.1) is 16.7 Å². The summed E-state index contributed by atoms with van der Waals surface area (Å²) in [5.41, 5.74) is 0.913. The third-order valence-corrected chi connectivity index (χ3v) is 4.99. The van der Waals surface area contributed by atoms with Crippen molar-refractivity contribution in [1.29, 1.82) is 0 Å². The SMILES string of the molecule is CC(=O)C(C)(C)C(O)CC1CC=C(C)C1(C)C. The van der Waals surface area contributed by atoms with Crippen LogP contribution < -0.4 is 0 Å². The Hall–Kier alpha value is -0.630. The molecule has 1 rings (SSSR count). The van der Waals surface area contributed by atoms with Crippen molar-refractivity contribution in [2.75, 3.05) is 0 Å². The largest absolute Gasteiger partial charge is 0.392 e. The molecular weight excluding hydrogens is 212 g/mol. The highest BCUT2D eigenvalue weighted by atomic mass is 16.3. The van der Waals surface area contributed by atoms with Gasteiger partial charge in [-0.1, -0.05) is 39.3 Å². The number of Topliss-reactive ketones (excluding diaryl/α,β-unsaturated/α-hetero) is 1. The van der Waals surface area contributed by atoms with Crippen molar-refractivity contribution in [3.05, 3.63) is 11.6 Å². The van der Waals surface area contributed by atoms with Crippen molar-refractivity contribution >= 4 is 5.78 Å². The molecule has 98 valence electrons. The van der Waals surface area contributed by atoms with E-state index in [0.717, 1.165) is 6.42 Å². The fraction of sp³-hybridized carbons (Fsp3) is 0.800. The van der Waals surface area contributed by atoms with Gasteiger partial charge in [0.1, 0.15) is 5.78 Å². The summed E-state index contributed by atoms with van der Waals surface area (Å²) in [6.07, 6.45) is 3.43. The van der Waals surface area contributed by atoms with Crippen LogP contribution in [-0.4, -0.2) is 17.0 Å². The van der Waals surface area contributed by atoms with Gasteiger partial charge in [-0.25, -0.2) is 0 Å². The van der Waals surface area contributed by atoms with Crippen molar-refractivity contribution in [2.24, 2.45) is 16.7 Å². The van der Waals surface area contributed by atoms with Gasteiger partial charge < -0.3 is 5.11 Å². The maximum Gasteiger partial charge on any atom is 0.137 e.